The van der Waals surface area contributed by atoms with E-state index in [2.05, 4.69) is 20.9 Å². The summed E-state index contributed by atoms with van der Waals surface area (Å²) in [4.78, 5) is 4.08. The number of hydrogen-bond donors (Lipinski definition) is 0. The van der Waals surface area contributed by atoms with Gasteiger partial charge in [-0.25, -0.2) is 9.37 Å². The van der Waals surface area contributed by atoms with E-state index in [0.717, 1.165) is 0 Å². The number of halogens is 3. The Morgan fingerprint density at radius 3 is 2.76 bits per heavy atom. The summed E-state index contributed by atoms with van der Waals surface area (Å²) in [6.07, 6.45) is 0. The molecule has 0 bridgehead atoms. The van der Waals surface area contributed by atoms with Gasteiger partial charge < -0.3 is 0 Å². The molecule has 1 heterocycles. The molecule has 0 aliphatic heterocycles. The number of nitriles is 1. The van der Waals surface area contributed by atoms with Crippen molar-refractivity contribution in [2.75, 3.05) is 0 Å². The fourth-order valence-electron chi connectivity index (χ4n) is 1.38. The first-order chi connectivity index (χ1) is 8.11. The minimum Gasteiger partial charge on any atom is -0.233 e. The second-order valence-electron chi connectivity index (χ2n) is 3.28. The van der Waals surface area contributed by atoms with Crippen LogP contribution in [0.4, 0.5) is 4.39 Å². The number of pyridine rings is 1. The number of aromatic nitrogens is 1. The van der Waals surface area contributed by atoms with Gasteiger partial charge in [0.05, 0.1) is 11.3 Å². The lowest BCUT2D eigenvalue weighted by Crippen LogP contribution is -1.90. The molecule has 0 atom stereocenters. The molecule has 0 saturated carbocycles. The summed E-state index contributed by atoms with van der Waals surface area (Å²) in [5.41, 5.74) is 1.38. The van der Waals surface area contributed by atoms with Crippen molar-refractivity contribution in [3.8, 4) is 17.3 Å². The van der Waals surface area contributed by atoms with Crippen molar-refractivity contribution in [2.24, 2.45) is 0 Å². The molecule has 0 fully saturated rings. The Morgan fingerprint density at radius 2 is 2.12 bits per heavy atom. The van der Waals surface area contributed by atoms with E-state index in [0.29, 0.717) is 15.7 Å². The molecule has 1 aromatic heterocycles. The molecule has 0 aliphatic rings. The van der Waals surface area contributed by atoms with Gasteiger partial charge in [0.25, 0.3) is 0 Å². The highest BCUT2D eigenvalue weighted by Crippen LogP contribution is 2.30. The predicted octanol–water partition coefficient (Wildman–Crippen LogP) is 4.18. The third kappa shape index (κ3) is 2.46. The summed E-state index contributed by atoms with van der Waals surface area (Å²) >= 11 is 9.13. The van der Waals surface area contributed by atoms with E-state index in [9.17, 15) is 4.39 Å². The number of hydrogen-bond acceptors (Lipinski definition) is 2. The van der Waals surface area contributed by atoms with E-state index in [1.807, 2.05) is 6.07 Å². The van der Waals surface area contributed by atoms with Gasteiger partial charge in [0.2, 0.25) is 0 Å². The van der Waals surface area contributed by atoms with E-state index in [1.165, 1.54) is 12.1 Å². The van der Waals surface area contributed by atoms with Gasteiger partial charge in [0, 0.05) is 10.0 Å². The summed E-state index contributed by atoms with van der Waals surface area (Å²) in [6, 6.07) is 9.51. The van der Waals surface area contributed by atoms with Crippen molar-refractivity contribution >= 4 is 27.5 Å². The Bertz CT molecular complexity index is 622. The van der Waals surface area contributed by atoms with Crippen LogP contribution in [0.25, 0.3) is 11.3 Å². The summed E-state index contributed by atoms with van der Waals surface area (Å²) in [5, 5.41) is 8.90. The quantitative estimate of drug-likeness (QED) is 0.741. The molecule has 0 N–H and O–H groups in total. The number of rotatable bonds is 1. The molecule has 5 heteroatoms. The SMILES string of the molecule is N#Cc1cc(Br)c(-c2cccc(F)c2)nc1Cl. The smallest absolute Gasteiger partial charge is 0.147 e. The topological polar surface area (TPSA) is 36.7 Å². The van der Waals surface area contributed by atoms with Crippen LogP contribution in [0.1, 0.15) is 5.56 Å². The minimum absolute atomic E-state index is 0.106. The molecular formula is C12H5BrClFN2. The van der Waals surface area contributed by atoms with Crippen LogP contribution >= 0.6 is 27.5 Å². The fraction of sp³-hybridized carbons (Fsp3) is 0. The predicted molar refractivity (Wildman–Crippen MR) is 67.1 cm³/mol. The average molecular weight is 312 g/mol. The van der Waals surface area contributed by atoms with Crippen LogP contribution in [-0.2, 0) is 0 Å². The maximum Gasteiger partial charge on any atom is 0.147 e. The third-order valence-corrected chi connectivity index (χ3v) is 3.04. The molecule has 1 aromatic carbocycles. The zero-order chi connectivity index (χ0) is 12.4. The van der Waals surface area contributed by atoms with Gasteiger partial charge in [-0.3, -0.25) is 0 Å². The Labute approximate surface area is 111 Å². The molecular weight excluding hydrogens is 307 g/mol. The minimum atomic E-state index is -0.350. The standard InChI is InChI=1S/C12H5BrClFN2/c13-10-5-8(6-16)12(14)17-11(10)7-2-1-3-9(15)4-7/h1-5H. The van der Waals surface area contributed by atoms with E-state index in [-0.39, 0.29) is 16.5 Å². The lowest BCUT2D eigenvalue weighted by atomic mass is 10.1. The van der Waals surface area contributed by atoms with Crippen LogP contribution in [0.2, 0.25) is 5.15 Å². The normalized spacial score (nSPS) is 10.0. The van der Waals surface area contributed by atoms with E-state index in [4.69, 9.17) is 16.9 Å². The molecule has 2 nitrogen and oxygen atoms in total. The molecule has 0 spiro atoms. The van der Waals surface area contributed by atoms with Crippen LogP contribution in [0.15, 0.2) is 34.8 Å². The van der Waals surface area contributed by atoms with Crippen LogP contribution in [-0.4, -0.2) is 4.98 Å². The highest BCUT2D eigenvalue weighted by molar-refractivity contribution is 9.10. The van der Waals surface area contributed by atoms with Crippen molar-refractivity contribution in [2.45, 2.75) is 0 Å². The molecule has 0 radical (unpaired) electrons. The lowest BCUT2D eigenvalue weighted by Gasteiger charge is -2.05. The lowest BCUT2D eigenvalue weighted by molar-refractivity contribution is 0.628. The molecule has 0 unspecified atom stereocenters. The van der Waals surface area contributed by atoms with E-state index in [1.54, 1.807) is 18.2 Å². The van der Waals surface area contributed by atoms with Crippen molar-refractivity contribution in [1.82, 2.24) is 4.98 Å². The largest absolute Gasteiger partial charge is 0.233 e. The molecule has 17 heavy (non-hydrogen) atoms. The maximum absolute atomic E-state index is 13.1. The third-order valence-electron chi connectivity index (χ3n) is 2.15. The second-order valence-corrected chi connectivity index (χ2v) is 4.49. The van der Waals surface area contributed by atoms with Gasteiger partial charge in [-0.15, -0.1) is 0 Å². The van der Waals surface area contributed by atoms with Crippen LogP contribution in [0.5, 0.6) is 0 Å². The van der Waals surface area contributed by atoms with Gasteiger partial charge in [0.1, 0.15) is 17.0 Å². The first-order valence-electron chi connectivity index (χ1n) is 4.64. The van der Waals surface area contributed by atoms with Gasteiger partial charge in [0.15, 0.2) is 0 Å². The molecule has 0 aliphatic carbocycles. The van der Waals surface area contributed by atoms with Crippen molar-refractivity contribution in [3.05, 3.63) is 51.3 Å². The summed E-state index contributed by atoms with van der Waals surface area (Å²) in [5.74, 6) is -0.350. The maximum atomic E-state index is 13.1. The van der Waals surface area contributed by atoms with Crippen molar-refractivity contribution in [1.29, 1.82) is 5.26 Å². The van der Waals surface area contributed by atoms with Crippen LogP contribution < -0.4 is 0 Å². The van der Waals surface area contributed by atoms with Crippen molar-refractivity contribution in [3.63, 3.8) is 0 Å². The molecule has 2 rings (SSSR count). The highest BCUT2D eigenvalue weighted by Gasteiger charge is 2.10. The van der Waals surface area contributed by atoms with E-state index < -0.39 is 0 Å². The zero-order valence-corrected chi connectivity index (χ0v) is 10.8. The first kappa shape index (κ1) is 12.0. The zero-order valence-electron chi connectivity index (χ0n) is 8.42. The highest BCUT2D eigenvalue weighted by atomic mass is 79.9. The Morgan fingerprint density at radius 1 is 1.35 bits per heavy atom. The Kier molecular flexibility index (Phi) is 3.41. The summed E-state index contributed by atoms with van der Waals surface area (Å²) in [7, 11) is 0. The number of benzene rings is 1. The van der Waals surface area contributed by atoms with Gasteiger partial charge >= 0.3 is 0 Å². The first-order valence-corrected chi connectivity index (χ1v) is 5.81. The van der Waals surface area contributed by atoms with Gasteiger partial charge in [-0.1, -0.05) is 23.7 Å². The second kappa shape index (κ2) is 4.82. The van der Waals surface area contributed by atoms with Crippen LogP contribution in [0, 0.1) is 17.1 Å². The Balaban J connectivity index is 2.61. The summed E-state index contributed by atoms with van der Waals surface area (Å²) in [6.45, 7) is 0. The molecule has 0 amide bonds. The summed E-state index contributed by atoms with van der Waals surface area (Å²) < 4.78 is 13.7. The van der Waals surface area contributed by atoms with Crippen LogP contribution in [0.3, 0.4) is 0 Å². The van der Waals surface area contributed by atoms with E-state index >= 15 is 0 Å². The molecule has 84 valence electrons. The average Bonchev–Trinajstić information content (AvgIpc) is 2.31. The van der Waals surface area contributed by atoms with Crippen molar-refractivity contribution < 1.29 is 4.39 Å². The molecule has 0 saturated heterocycles. The van der Waals surface area contributed by atoms with Gasteiger partial charge in [-0.05, 0) is 34.1 Å². The Hall–Kier alpha value is -1.44. The number of nitrogens with zero attached hydrogens (tertiary/aromatic N) is 2. The van der Waals surface area contributed by atoms with Gasteiger partial charge in [-0.2, -0.15) is 5.26 Å². The molecule has 2 aromatic rings. The fourth-order valence-corrected chi connectivity index (χ4v) is 2.11. The monoisotopic (exact) mass is 310 g/mol.